The molecule has 17 heavy (non-hydrogen) atoms. The van der Waals surface area contributed by atoms with Crippen LogP contribution in [0, 0.1) is 5.82 Å². The van der Waals surface area contributed by atoms with Crippen LogP contribution in [-0.4, -0.2) is 36.0 Å². The number of carbonyl (C=O) groups excluding carboxylic acids is 1. The number of carbonyl (C=O) groups is 2. The predicted molar refractivity (Wildman–Crippen MR) is 57.1 cm³/mol. The van der Waals surface area contributed by atoms with E-state index in [1.807, 2.05) is 0 Å². The maximum absolute atomic E-state index is 13.3. The number of hydrogen-bond donors (Lipinski definition) is 1. The van der Waals surface area contributed by atoms with E-state index in [2.05, 4.69) is 0 Å². The third-order valence-electron chi connectivity index (χ3n) is 2.17. The number of hydrogen-bond acceptors (Lipinski definition) is 3. The molecular weight excluding hydrogens is 229 g/mol. The van der Waals surface area contributed by atoms with Crippen molar-refractivity contribution in [1.29, 1.82) is 0 Å². The second-order valence-electron chi connectivity index (χ2n) is 3.44. The van der Waals surface area contributed by atoms with Gasteiger partial charge in [0, 0.05) is 13.6 Å². The monoisotopic (exact) mass is 241 g/mol. The SMILES string of the molecule is COc1ccc(CN(C)C(=O)C(=O)O)cc1F. The summed E-state index contributed by atoms with van der Waals surface area (Å²) in [5.74, 6) is -3.04. The maximum Gasteiger partial charge on any atom is 0.394 e. The highest BCUT2D eigenvalue weighted by Gasteiger charge is 2.17. The first-order chi connectivity index (χ1) is 7.95. The van der Waals surface area contributed by atoms with Gasteiger partial charge < -0.3 is 14.7 Å². The number of amides is 1. The molecule has 0 aromatic heterocycles. The molecule has 1 amide bonds. The van der Waals surface area contributed by atoms with Crippen molar-refractivity contribution in [3.8, 4) is 5.75 Å². The first-order valence-corrected chi connectivity index (χ1v) is 4.76. The van der Waals surface area contributed by atoms with Gasteiger partial charge in [-0.05, 0) is 17.7 Å². The van der Waals surface area contributed by atoms with E-state index in [1.165, 1.54) is 26.3 Å². The first-order valence-electron chi connectivity index (χ1n) is 4.76. The van der Waals surface area contributed by atoms with Gasteiger partial charge in [0.2, 0.25) is 0 Å². The molecule has 0 radical (unpaired) electrons. The quantitative estimate of drug-likeness (QED) is 0.797. The molecular formula is C11H12FNO4. The summed E-state index contributed by atoms with van der Waals surface area (Å²) in [5, 5.41) is 8.48. The summed E-state index contributed by atoms with van der Waals surface area (Å²) in [5.41, 5.74) is 0.486. The van der Waals surface area contributed by atoms with Crippen molar-refractivity contribution in [1.82, 2.24) is 4.90 Å². The summed E-state index contributed by atoms with van der Waals surface area (Å²) in [4.78, 5) is 22.5. The van der Waals surface area contributed by atoms with Crippen LogP contribution in [0.4, 0.5) is 4.39 Å². The first kappa shape index (κ1) is 13.0. The van der Waals surface area contributed by atoms with Crippen LogP contribution in [-0.2, 0) is 16.1 Å². The molecule has 1 aromatic rings. The van der Waals surface area contributed by atoms with Gasteiger partial charge in [-0.25, -0.2) is 9.18 Å². The summed E-state index contributed by atoms with van der Waals surface area (Å²) >= 11 is 0. The molecule has 0 bridgehead atoms. The lowest BCUT2D eigenvalue weighted by atomic mass is 10.2. The number of nitrogens with zero attached hydrogens (tertiary/aromatic N) is 1. The number of halogens is 1. The van der Waals surface area contributed by atoms with Gasteiger partial charge in [0.05, 0.1) is 7.11 Å². The van der Waals surface area contributed by atoms with Gasteiger partial charge in [-0.1, -0.05) is 6.07 Å². The smallest absolute Gasteiger partial charge is 0.394 e. The standard InChI is InChI=1S/C11H12FNO4/c1-13(10(14)11(15)16)6-7-3-4-9(17-2)8(12)5-7/h3-5H,6H2,1-2H3,(H,15,16). The molecule has 92 valence electrons. The van der Waals surface area contributed by atoms with Gasteiger partial charge in [0.25, 0.3) is 0 Å². The molecule has 0 spiro atoms. The van der Waals surface area contributed by atoms with E-state index in [0.717, 1.165) is 4.90 Å². The summed E-state index contributed by atoms with van der Waals surface area (Å²) < 4.78 is 18.1. The zero-order chi connectivity index (χ0) is 13.0. The third kappa shape index (κ3) is 3.17. The Morgan fingerprint density at radius 2 is 2.12 bits per heavy atom. The molecule has 0 aliphatic rings. The number of rotatable bonds is 3. The molecule has 0 saturated heterocycles. The van der Waals surface area contributed by atoms with Crippen molar-refractivity contribution in [2.75, 3.05) is 14.2 Å². The lowest BCUT2D eigenvalue weighted by Gasteiger charge is -2.14. The Morgan fingerprint density at radius 1 is 1.47 bits per heavy atom. The number of methoxy groups -OCH3 is 1. The molecule has 0 heterocycles. The molecule has 1 aromatic carbocycles. The summed E-state index contributed by atoms with van der Waals surface area (Å²) in [6.07, 6.45) is 0. The largest absolute Gasteiger partial charge is 0.494 e. The molecule has 0 atom stereocenters. The van der Waals surface area contributed by atoms with Gasteiger partial charge in [-0.3, -0.25) is 4.79 Å². The van der Waals surface area contributed by atoms with Gasteiger partial charge in [-0.15, -0.1) is 0 Å². The van der Waals surface area contributed by atoms with Crippen LogP contribution in [0.5, 0.6) is 5.75 Å². The van der Waals surface area contributed by atoms with Crippen molar-refractivity contribution in [2.45, 2.75) is 6.54 Å². The number of ether oxygens (including phenoxy) is 1. The highest BCUT2D eigenvalue weighted by Crippen LogP contribution is 2.18. The van der Waals surface area contributed by atoms with E-state index in [4.69, 9.17) is 9.84 Å². The number of aliphatic carboxylic acids is 1. The Bertz CT molecular complexity index is 447. The van der Waals surface area contributed by atoms with Crippen molar-refractivity contribution >= 4 is 11.9 Å². The number of carboxylic acid groups (broad SMARTS) is 1. The number of carboxylic acids is 1. The lowest BCUT2D eigenvalue weighted by molar-refractivity contribution is -0.155. The molecule has 0 aliphatic carbocycles. The van der Waals surface area contributed by atoms with Crippen molar-refractivity contribution in [3.05, 3.63) is 29.6 Å². The van der Waals surface area contributed by atoms with E-state index in [9.17, 15) is 14.0 Å². The summed E-state index contributed by atoms with van der Waals surface area (Å²) in [6, 6.07) is 4.18. The Labute approximate surface area is 97.4 Å². The Kier molecular flexibility index (Phi) is 4.03. The summed E-state index contributed by atoms with van der Waals surface area (Å²) in [7, 11) is 2.68. The summed E-state index contributed by atoms with van der Waals surface area (Å²) in [6.45, 7) is 0.0199. The molecule has 6 heteroatoms. The van der Waals surface area contributed by atoms with Gasteiger partial charge in [0.15, 0.2) is 11.6 Å². The Morgan fingerprint density at radius 3 is 2.59 bits per heavy atom. The average molecular weight is 241 g/mol. The zero-order valence-electron chi connectivity index (χ0n) is 9.44. The van der Waals surface area contributed by atoms with Crippen LogP contribution >= 0.6 is 0 Å². The van der Waals surface area contributed by atoms with Gasteiger partial charge >= 0.3 is 11.9 Å². The Balaban J connectivity index is 2.79. The molecule has 1 N–H and O–H groups in total. The average Bonchev–Trinajstić information content (AvgIpc) is 2.28. The predicted octanol–water partition coefficient (Wildman–Crippen LogP) is 0.877. The normalized spacial score (nSPS) is 9.82. The molecule has 0 aliphatic heterocycles. The topological polar surface area (TPSA) is 66.8 Å². The van der Waals surface area contributed by atoms with Crippen molar-refractivity contribution < 1.29 is 23.8 Å². The second-order valence-corrected chi connectivity index (χ2v) is 3.44. The lowest BCUT2D eigenvalue weighted by Crippen LogP contribution is -2.32. The molecule has 0 saturated carbocycles. The number of likely N-dealkylation sites (N-methyl/N-ethyl adjacent to an activating group) is 1. The van der Waals surface area contributed by atoms with Crippen LogP contribution in [0.1, 0.15) is 5.56 Å². The highest BCUT2D eigenvalue weighted by atomic mass is 19.1. The van der Waals surface area contributed by atoms with E-state index in [0.29, 0.717) is 5.56 Å². The van der Waals surface area contributed by atoms with Crippen LogP contribution < -0.4 is 4.74 Å². The fourth-order valence-electron chi connectivity index (χ4n) is 1.32. The van der Waals surface area contributed by atoms with Crippen LogP contribution in [0.2, 0.25) is 0 Å². The highest BCUT2D eigenvalue weighted by molar-refractivity contribution is 6.31. The van der Waals surface area contributed by atoms with Gasteiger partial charge in [0.1, 0.15) is 0 Å². The van der Waals surface area contributed by atoms with E-state index in [1.54, 1.807) is 6.07 Å². The zero-order valence-corrected chi connectivity index (χ0v) is 9.44. The van der Waals surface area contributed by atoms with Crippen LogP contribution in [0.3, 0.4) is 0 Å². The fraction of sp³-hybridized carbons (Fsp3) is 0.273. The minimum atomic E-state index is -1.54. The van der Waals surface area contributed by atoms with Crippen molar-refractivity contribution in [3.63, 3.8) is 0 Å². The Hall–Kier alpha value is -2.11. The van der Waals surface area contributed by atoms with E-state index < -0.39 is 17.7 Å². The fourth-order valence-corrected chi connectivity index (χ4v) is 1.32. The van der Waals surface area contributed by atoms with E-state index in [-0.39, 0.29) is 12.3 Å². The van der Waals surface area contributed by atoms with Gasteiger partial charge in [-0.2, -0.15) is 0 Å². The molecule has 0 fully saturated rings. The second kappa shape index (κ2) is 5.29. The van der Waals surface area contributed by atoms with Crippen LogP contribution in [0.15, 0.2) is 18.2 Å². The minimum Gasteiger partial charge on any atom is -0.494 e. The molecule has 5 nitrogen and oxygen atoms in total. The third-order valence-corrected chi connectivity index (χ3v) is 2.17. The minimum absolute atomic E-state index is 0.0199. The van der Waals surface area contributed by atoms with Crippen molar-refractivity contribution in [2.24, 2.45) is 0 Å². The molecule has 0 unspecified atom stereocenters. The van der Waals surface area contributed by atoms with E-state index >= 15 is 0 Å². The van der Waals surface area contributed by atoms with Crippen LogP contribution in [0.25, 0.3) is 0 Å². The number of benzene rings is 1. The maximum atomic E-state index is 13.3. The molecule has 1 rings (SSSR count).